The molecule has 0 saturated carbocycles. The smallest absolute Gasteiger partial charge is 0.355 e. The van der Waals surface area contributed by atoms with Gasteiger partial charge in [-0.1, -0.05) is 6.08 Å². The van der Waals surface area contributed by atoms with Crippen LogP contribution in [0.1, 0.15) is 61.4 Å². The largest absolute Gasteiger partial charge is 0.461 e. The second-order valence-corrected chi connectivity index (χ2v) is 8.09. The molecule has 1 aromatic rings. The Morgan fingerprint density at radius 3 is 2.61 bits per heavy atom. The highest BCUT2D eigenvalue weighted by atomic mass is 32.2. The number of carbonyl (C=O) groups excluding carboxylic acids is 1. The fourth-order valence-electron chi connectivity index (χ4n) is 1.98. The van der Waals surface area contributed by atoms with Crippen molar-refractivity contribution in [3.05, 3.63) is 35.2 Å². The Morgan fingerprint density at radius 2 is 2.09 bits per heavy atom. The van der Waals surface area contributed by atoms with E-state index in [4.69, 9.17) is 4.74 Å². The van der Waals surface area contributed by atoms with E-state index in [0.29, 0.717) is 24.4 Å². The summed E-state index contributed by atoms with van der Waals surface area (Å²) in [6.07, 6.45) is 4.80. The third-order valence-corrected chi connectivity index (χ3v) is 4.64. The third-order valence-electron chi connectivity index (χ3n) is 3.30. The molecule has 0 aromatic carbocycles. The standard InChI is InChI=1S/C17H26N2O3S/c1-7-9-10-13-12(3)14(11-18-23(21)17(4,5)6)19-15(13)16(20)22-8-2/h7,11,19H,1,8-10H2,2-6H3/b18-11+. The van der Waals surface area contributed by atoms with Crippen LogP contribution in [-0.4, -0.2) is 32.7 Å². The predicted molar refractivity (Wildman–Crippen MR) is 95.5 cm³/mol. The average Bonchev–Trinajstić information content (AvgIpc) is 2.78. The van der Waals surface area contributed by atoms with Crippen molar-refractivity contribution >= 4 is 23.2 Å². The van der Waals surface area contributed by atoms with Gasteiger partial charge in [0.25, 0.3) is 0 Å². The number of allylic oxidation sites excluding steroid dienone is 1. The summed E-state index contributed by atoms with van der Waals surface area (Å²) in [5.41, 5.74) is 2.94. The van der Waals surface area contributed by atoms with Gasteiger partial charge in [0.05, 0.1) is 23.3 Å². The second-order valence-electron chi connectivity index (χ2n) is 6.16. The van der Waals surface area contributed by atoms with Crippen LogP contribution in [0.2, 0.25) is 0 Å². The van der Waals surface area contributed by atoms with Crippen LogP contribution in [0.15, 0.2) is 17.1 Å². The van der Waals surface area contributed by atoms with Crippen LogP contribution < -0.4 is 0 Å². The first kappa shape index (κ1) is 19.4. The zero-order valence-electron chi connectivity index (χ0n) is 14.6. The molecule has 23 heavy (non-hydrogen) atoms. The normalized spacial score (nSPS) is 13.3. The van der Waals surface area contributed by atoms with E-state index >= 15 is 0 Å². The van der Waals surface area contributed by atoms with E-state index in [2.05, 4.69) is 16.0 Å². The number of hydrogen-bond donors (Lipinski definition) is 1. The van der Waals surface area contributed by atoms with Gasteiger partial charge in [-0.2, -0.15) is 4.40 Å². The summed E-state index contributed by atoms with van der Waals surface area (Å²) < 4.78 is 20.8. The number of esters is 1. The molecule has 0 bridgehead atoms. The summed E-state index contributed by atoms with van der Waals surface area (Å²) in [6, 6.07) is 0. The van der Waals surface area contributed by atoms with E-state index < -0.39 is 15.7 Å². The Morgan fingerprint density at radius 1 is 1.43 bits per heavy atom. The highest BCUT2D eigenvalue weighted by Crippen LogP contribution is 2.21. The summed E-state index contributed by atoms with van der Waals surface area (Å²) in [7, 11) is -1.35. The van der Waals surface area contributed by atoms with Crippen LogP contribution in [0.5, 0.6) is 0 Å². The van der Waals surface area contributed by atoms with Gasteiger partial charge in [0.1, 0.15) is 16.7 Å². The van der Waals surface area contributed by atoms with Crippen molar-refractivity contribution in [3.8, 4) is 0 Å². The monoisotopic (exact) mass is 338 g/mol. The first-order valence-corrected chi connectivity index (χ1v) is 8.78. The van der Waals surface area contributed by atoms with Gasteiger partial charge in [0, 0.05) is 0 Å². The molecule has 1 heterocycles. The van der Waals surface area contributed by atoms with Gasteiger partial charge in [0.2, 0.25) is 0 Å². The second kappa shape index (κ2) is 8.24. The molecule has 0 spiro atoms. The minimum atomic E-state index is -1.35. The molecule has 0 aliphatic rings. The molecule has 1 aromatic heterocycles. The van der Waals surface area contributed by atoms with Crippen molar-refractivity contribution in [1.82, 2.24) is 4.98 Å². The molecule has 5 nitrogen and oxygen atoms in total. The molecule has 0 saturated heterocycles. The number of rotatable bonds is 7. The molecule has 1 N–H and O–H groups in total. The number of nitrogens with one attached hydrogen (secondary N) is 1. The van der Waals surface area contributed by atoms with Gasteiger partial charge in [-0.25, -0.2) is 9.00 Å². The van der Waals surface area contributed by atoms with E-state index in [1.807, 2.05) is 33.8 Å². The molecule has 0 radical (unpaired) electrons. The van der Waals surface area contributed by atoms with Crippen molar-refractivity contribution in [3.63, 3.8) is 0 Å². The molecule has 1 unspecified atom stereocenters. The van der Waals surface area contributed by atoms with Crippen molar-refractivity contribution in [2.24, 2.45) is 4.40 Å². The van der Waals surface area contributed by atoms with Crippen molar-refractivity contribution in [2.75, 3.05) is 6.61 Å². The van der Waals surface area contributed by atoms with Gasteiger partial charge in [-0.05, 0) is 58.6 Å². The van der Waals surface area contributed by atoms with Gasteiger partial charge >= 0.3 is 5.97 Å². The van der Waals surface area contributed by atoms with Crippen LogP contribution in [0.4, 0.5) is 0 Å². The van der Waals surface area contributed by atoms with E-state index in [-0.39, 0.29) is 5.97 Å². The number of carbonyl (C=O) groups is 1. The highest BCUT2D eigenvalue weighted by Gasteiger charge is 2.21. The topological polar surface area (TPSA) is 71.5 Å². The molecule has 128 valence electrons. The number of hydrogen-bond acceptors (Lipinski definition) is 3. The molecule has 0 aliphatic carbocycles. The summed E-state index contributed by atoms with van der Waals surface area (Å²) in [6.45, 7) is 13.3. The minimum Gasteiger partial charge on any atom is -0.461 e. The average molecular weight is 338 g/mol. The molecule has 6 heteroatoms. The number of aromatic nitrogens is 1. The maximum absolute atomic E-state index is 12.1. The van der Waals surface area contributed by atoms with Crippen LogP contribution in [0, 0.1) is 6.92 Å². The maximum atomic E-state index is 12.1. The number of H-pyrrole nitrogens is 1. The van der Waals surface area contributed by atoms with Gasteiger partial charge in [-0.3, -0.25) is 0 Å². The molecule has 1 rings (SSSR count). The van der Waals surface area contributed by atoms with Crippen LogP contribution in [0.3, 0.4) is 0 Å². The maximum Gasteiger partial charge on any atom is 0.355 e. The van der Waals surface area contributed by atoms with Crippen molar-refractivity contribution in [1.29, 1.82) is 0 Å². The number of nitrogens with zero attached hydrogens (tertiary/aromatic N) is 1. The quantitative estimate of drug-likeness (QED) is 0.470. The zero-order chi connectivity index (χ0) is 17.6. The summed E-state index contributed by atoms with van der Waals surface area (Å²) >= 11 is 0. The predicted octanol–water partition coefficient (Wildman–Crippen LogP) is 3.50. The van der Waals surface area contributed by atoms with Gasteiger partial charge in [-0.15, -0.1) is 6.58 Å². The third kappa shape index (κ3) is 5.16. The zero-order valence-corrected chi connectivity index (χ0v) is 15.4. The summed E-state index contributed by atoms with van der Waals surface area (Å²) in [5, 5.41) is 0. The Labute approximate surface area is 140 Å². The minimum absolute atomic E-state index is 0.315. The SMILES string of the molecule is C=CCCc1c(C(=O)OCC)[nH]c(/C=N/S(=O)C(C)(C)C)c1C. The van der Waals surface area contributed by atoms with Crippen molar-refractivity contribution in [2.45, 2.75) is 52.2 Å². The van der Waals surface area contributed by atoms with Gasteiger partial charge < -0.3 is 9.72 Å². The van der Waals surface area contributed by atoms with Crippen LogP contribution >= 0.6 is 0 Å². The van der Waals surface area contributed by atoms with Crippen LogP contribution in [-0.2, 0) is 22.1 Å². The van der Waals surface area contributed by atoms with E-state index in [9.17, 15) is 9.00 Å². The Hall–Kier alpha value is -1.69. The number of aromatic amines is 1. The molecular weight excluding hydrogens is 312 g/mol. The molecular formula is C17H26N2O3S. The first-order chi connectivity index (χ1) is 10.7. The molecule has 0 amide bonds. The Balaban J connectivity index is 3.18. The lowest BCUT2D eigenvalue weighted by Gasteiger charge is -2.12. The fraction of sp³-hybridized carbons (Fsp3) is 0.529. The van der Waals surface area contributed by atoms with E-state index in [1.165, 1.54) is 6.21 Å². The van der Waals surface area contributed by atoms with Crippen LogP contribution in [0.25, 0.3) is 0 Å². The van der Waals surface area contributed by atoms with E-state index in [0.717, 1.165) is 17.5 Å². The lowest BCUT2D eigenvalue weighted by molar-refractivity contribution is 0.0519. The highest BCUT2D eigenvalue weighted by molar-refractivity contribution is 7.85. The summed E-state index contributed by atoms with van der Waals surface area (Å²) in [5.74, 6) is -0.383. The number of ether oxygens (including phenoxy) is 1. The van der Waals surface area contributed by atoms with Gasteiger partial charge in [0.15, 0.2) is 0 Å². The molecule has 1 atom stereocenters. The lowest BCUT2D eigenvalue weighted by Crippen LogP contribution is -2.19. The lowest BCUT2D eigenvalue weighted by atomic mass is 10.0. The Kier molecular flexibility index (Phi) is 6.94. The van der Waals surface area contributed by atoms with Crippen molar-refractivity contribution < 1.29 is 13.7 Å². The van der Waals surface area contributed by atoms with E-state index in [1.54, 1.807) is 6.92 Å². The summed E-state index contributed by atoms with van der Waals surface area (Å²) in [4.78, 5) is 15.2. The first-order valence-electron chi connectivity index (χ1n) is 7.67. The fourth-order valence-corrected chi connectivity index (χ4v) is 2.50. The molecule has 0 aliphatic heterocycles. The molecule has 0 fully saturated rings. The Bertz CT molecular complexity index is 625.